The zero-order chi connectivity index (χ0) is 30.9. The van der Waals surface area contributed by atoms with E-state index >= 15 is 0 Å². The number of likely N-dealkylation sites (tertiary alicyclic amines) is 1. The van der Waals surface area contributed by atoms with E-state index in [1.165, 1.54) is 13.4 Å². The molecule has 1 aliphatic carbocycles. The minimum Gasteiger partial charge on any atom is -0.453 e. The van der Waals surface area contributed by atoms with Gasteiger partial charge in [-0.25, -0.2) is 22.5 Å². The number of anilines is 1. The summed E-state index contributed by atoms with van der Waals surface area (Å²) in [7, 11) is -1.90. The van der Waals surface area contributed by atoms with Crippen molar-refractivity contribution in [3.63, 3.8) is 0 Å². The molecule has 0 radical (unpaired) electrons. The minimum absolute atomic E-state index is 0.0388. The van der Waals surface area contributed by atoms with Gasteiger partial charge in [0.1, 0.15) is 5.82 Å². The highest BCUT2D eigenvalue weighted by Crippen LogP contribution is 2.44. The highest BCUT2D eigenvalue weighted by atomic mass is 35.5. The molecule has 2 aliphatic heterocycles. The number of halogens is 1. The number of methoxy groups -OCH3 is 1. The summed E-state index contributed by atoms with van der Waals surface area (Å²) in [5.74, 6) is 1.80. The molecule has 1 saturated carbocycles. The Bertz CT molecular complexity index is 1400. The van der Waals surface area contributed by atoms with Gasteiger partial charge in [-0.3, -0.25) is 10.1 Å². The van der Waals surface area contributed by atoms with E-state index < -0.39 is 16.1 Å². The van der Waals surface area contributed by atoms with Crippen LogP contribution in [0.5, 0.6) is 0 Å². The first kappa shape index (κ1) is 31.7. The normalized spacial score (nSPS) is 26.3. The van der Waals surface area contributed by atoms with Crippen LogP contribution in [0.25, 0.3) is 11.3 Å². The Morgan fingerprint density at radius 1 is 1.09 bits per heavy atom. The van der Waals surface area contributed by atoms with Crippen molar-refractivity contribution in [3.8, 4) is 11.3 Å². The maximum absolute atomic E-state index is 14.1. The number of aromatic amines is 1. The molecule has 43 heavy (non-hydrogen) atoms. The Hall–Kier alpha value is -2.67. The molecule has 3 fully saturated rings. The maximum atomic E-state index is 14.1. The van der Waals surface area contributed by atoms with Gasteiger partial charge in [-0.2, -0.15) is 0 Å². The highest BCUT2D eigenvalue weighted by molar-refractivity contribution is 7.88. The van der Waals surface area contributed by atoms with Gasteiger partial charge in [-0.1, -0.05) is 23.7 Å². The zero-order valence-electron chi connectivity index (χ0n) is 25.1. The van der Waals surface area contributed by atoms with Crippen molar-refractivity contribution >= 4 is 39.3 Å². The molecular weight excluding hydrogens is 592 g/mol. The third kappa shape index (κ3) is 7.19. The van der Waals surface area contributed by atoms with Crippen molar-refractivity contribution in [1.29, 1.82) is 0 Å². The van der Waals surface area contributed by atoms with Gasteiger partial charge in [0.15, 0.2) is 5.15 Å². The molecule has 0 bridgehead atoms. The standard InChI is InChI=1S/C30H43ClN6O5S/c1-18(32)19-4-6-22(7-5-19)29(38)37-17-23(20-12-14-36(15-13-20)43(3,40)41)16-25(37)28-34-26(27(31)35-28)21-8-10-24(11-9-21)33-30(39)42-2/h8-11,18-20,22-23,25H,4-7,12-17,32H2,1-3H3,(H,33,39)(H,34,35)/t18-,19-,22-,23?,25-/m0/s1. The quantitative estimate of drug-likeness (QED) is 0.402. The summed E-state index contributed by atoms with van der Waals surface area (Å²) < 4.78 is 30.4. The third-order valence-electron chi connectivity index (χ3n) is 9.71. The Morgan fingerprint density at radius 2 is 1.74 bits per heavy atom. The van der Waals surface area contributed by atoms with Crippen molar-refractivity contribution in [1.82, 2.24) is 19.2 Å². The molecule has 4 N–H and O–H groups in total. The van der Waals surface area contributed by atoms with Gasteiger partial charge in [-0.05, 0) is 81.8 Å². The average Bonchev–Trinajstić information content (AvgIpc) is 3.61. The first-order valence-electron chi connectivity index (χ1n) is 15.2. The number of nitrogens with zero attached hydrogens (tertiary/aromatic N) is 3. The van der Waals surface area contributed by atoms with E-state index in [1.54, 1.807) is 16.4 Å². The van der Waals surface area contributed by atoms with E-state index in [9.17, 15) is 18.0 Å². The summed E-state index contributed by atoms with van der Waals surface area (Å²) in [6.07, 6.45) is 6.60. The van der Waals surface area contributed by atoms with Crippen LogP contribution in [0.1, 0.15) is 63.7 Å². The van der Waals surface area contributed by atoms with Crippen molar-refractivity contribution in [2.24, 2.45) is 29.4 Å². The number of hydrogen-bond acceptors (Lipinski definition) is 7. The molecule has 1 aromatic heterocycles. The Balaban J connectivity index is 1.36. The molecule has 2 amide bonds. The molecule has 3 aliphatic rings. The topological polar surface area (TPSA) is 151 Å². The van der Waals surface area contributed by atoms with Gasteiger partial charge < -0.3 is 20.4 Å². The molecular formula is C30H43ClN6O5S. The van der Waals surface area contributed by atoms with Gasteiger partial charge in [0, 0.05) is 42.8 Å². The number of rotatable bonds is 7. The van der Waals surface area contributed by atoms with Gasteiger partial charge in [0.2, 0.25) is 15.9 Å². The number of sulfonamides is 1. The van der Waals surface area contributed by atoms with E-state index in [2.05, 4.69) is 15.0 Å². The van der Waals surface area contributed by atoms with Crippen LogP contribution in [-0.2, 0) is 19.6 Å². The van der Waals surface area contributed by atoms with Crippen LogP contribution in [0.15, 0.2) is 24.3 Å². The van der Waals surface area contributed by atoms with Crippen molar-refractivity contribution in [2.75, 3.05) is 38.3 Å². The number of nitrogens with two attached hydrogens (primary N) is 1. The van der Waals surface area contributed by atoms with E-state index in [1.807, 2.05) is 24.0 Å². The summed E-state index contributed by atoms with van der Waals surface area (Å²) in [6.45, 7) is 3.70. The van der Waals surface area contributed by atoms with E-state index in [4.69, 9.17) is 22.3 Å². The van der Waals surface area contributed by atoms with Crippen LogP contribution in [0.4, 0.5) is 10.5 Å². The van der Waals surface area contributed by atoms with Crippen LogP contribution < -0.4 is 11.1 Å². The molecule has 2 saturated heterocycles. The van der Waals surface area contributed by atoms with E-state index in [0.717, 1.165) is 50.5 Å². The first-order chi connectivity index (χ1) is 20.4. The molecule has 13 heteroatoms. The van der Waals surface area contributed by atoms with Crippen LogP contribution in [0.3, 0.4) is 0 Å². The lowest BCUT2D eigenvalue weighted by atomic mass is 9.78. The maximum Gasteiger partial charge on any atom is 0.411 e. The van der Waals surface area contributed by atoms with Crippen molar-refractivity contribution < 1.29 is 22.7 Å². The summed E-state index contributed by atoms with van der Waals surface area (Å²) in [6, 6.07) is 7.07. The third-order valence-corrected chi connectivity index (χ3v) is 11.3. The van der Waals surface area contributed by atoms with Crippen LogP contribution >= 0.6 is 11.6 Å². The lowest BCUT2D eigenvalue weighted by Gasteiger charge is -2.34. The molecule has 5 rings (SSSR count). The predicted octanol–water partition coefficient (Wildman–Crippen LogP) is 4.62. The fourth-order valence-electron chi connectivity index (χ4n) is 7.13. The smallest absolute Gasteiger partial charge is 0.411 e. The number of H-pyrrole nitrogens is 1. The lowest BCUT2D eigenvalue weighted by molar-refractivity contribution is -0.138. The lowest BCUT2D eigenvalue weighted by Crippen LogP contribution is -2.41. The van der Waals surface area contributed by atoms with Gasteiger partial charge in [0.25, 0.3) is 0 Å². The number of piperidine rings is 1. The second kappa shape index (κ2) is 13.1. The highest BCUT2D eigenvalue weighted by Gasteiger charge is 2.44. The monoisotopic (exact) mass is 634 g/mol. The minimum atomic E-state index is -3.21. The molecule has 1 aromatic carbocycles. The predicted molar refractivity (Wildman–Crippen MR) is 166 cm³/mol. The number of carbonyl (C=O) groups excluding carboxylic acids is 2. The SMILES string of the molecule is COC(=O)Nc1ccc(-c2[nH]c([C@@H]3CC(C4CCN(S(C)(=O)=O)CC4)CN3C(=O)[C@H]3CC[C@H]([C@H](C)N)CC3)nc2Cl)cc1. The zero-order valence-corrected chi connectivity index (χ0v) is 26.7. The number of carbonyl (C=O) groups is 2. The van der Waals surface area contributed by atoms with Gasteiger partial charge in [0.05, 0.1) is 25.1 Å². The summed E-state index contributed by atoms with van der Waals surface area (Å²) in [5.41, 5.74) is 8.20. The number of ether oxygens (including phenoxy) is 1. The molecule has 11 nitrogen and oxygen atoms in total. The number of hydrogen-bond donors (Lipinski definition) is 3. The van der Waals surface area contributed by atoms with Crippen LogP contribution in [0, 0.1) is 23.7 Å². The number of nitrogens with one attached hydrogen (secondary N) is 2. The molecule has 236 valence electrons. The van der Waals surface area contributed by atoms with E-state index in [0.29, 0.717) is 53.8 Å². The summed E-state index contributed by atoms with van der Waals surface area (Å²) >= 11 is 6.66. The van der Waals surface area contributed by atoms with Crippen molar-refractivity contribution in [2.45, 2.75) is 64.0 Å². The Labute approximate surface area is 258 Å². The first-order valence-corrected chi connectivity index (χ1v) is 17.4. The molecule has 1 unspecified atom stereocenters. The average molecular weight is 635 g/mol. The molecule has 2 aromatic rings. The summed E-state index contributed by atoms with van der Waals surface area (Å²) in [4.78, 5) is 35.8. The molecule has 3 heterocycles. The number of imidazole rings is 1. The second-order valence-electron chi connectivity index (χ2n) is 12.5. The molecule has 0 spiro atoms. The number of amides is 2. The number of benzene rings is 1. The number of aromatic nitrogens is 2. The Morgan fingerprint density at radius 3 is 2.33 bits per heavy atom. The van der Waals surface area contributed by atoms with E-state index in [-0.39, 0.29) is 29.8 Å². The van der Waals surface area contributed by atoms with Gasteiger partial charge in [-0.15, -0.1) is 0 Å². The van der Waals surface area contributed by atoms with Crippen LogP contribution in [0.2, 0.25) is 5.15 Å². The van der Waals surface area contributed by atoms with Crippen LogP contribution in [-0.4, -0.2) is 78.6 Å². The second-order valence-corrected chi connectivity index (χ2v) is 14.8. The summed E-state index contributed by atoms with van der Waals surface area (Å²) in [5, 5.41) is 2.95. The molecule has 3 atom stereocenters. The fourth-order valence-corrected chi connectivity index (χ4v) is 8.25. The Kier molecular flexibility index (Phi) is 9.70. The van der Waals surface area contributed by atoms with Crippen molar-refractivity contribution in [3.05, 3.63) is 35.2 Å². The largest absolute Gasteiger partial charge is 0.453 e. The van der Waals surface area contributed by atoms with Gasteiger partial charge >= 0.3 is 6.09 Å². The fraction of sp³-hybridized carbons (Fsp3) is 0.633.